The Hall–Kier alpha value is -2.54. The fraction of sp³-hybridized carbons (Fsp3) is 0.522. The highest BCUT2D eigenvalue weighted by Gasteiger charge is 2.45. The predicted molar refractivity (Wildman–Crippen MR) is 128 cm³/mol. The van der Waals surface area contributed by atoms with Crippen molar-refractivity contribution in [3.05, 3.63) is 30.0 Å². The molecule has 0 saturated heterocycles. The van der Waals surface area contributed by atoms with Crippen molar-refractivity contribution in [1.29, 1.82) is 0 Å². The van der Waals surface area contributed by atoms with E-state index in [2.05, 4.69) is 25.6 Å². The summed E-state index contributed by atoms with van der Waals surface area (Å²) in [5, 5.41) is 37.6. The van der Waals surface area contributed by atoms with Crippen LogP contribution in [0, 0.1) is 18.8 Å². The van der Waals surface area contributed by atoms with Gasteiger partial charge in [-0.3, -0.25) is 0 Å². The molecule has 0 amide bonds. The number of thiazole rings is 1. The lowest BCUT2D eigenvalue weighted by molar-refractivity contribution is -0.115. The normalized spacial score (nSPS) is 23.7. The minimum absolute atomic E-state index is 0.127. The lowest BCUT2D eigenvalue weighted by Gasteiger charge is -2.24. The number of alkyl halides is 3. The molecule has 1 fully saturated rings. The largest absolute Gasteiger partial charge is 0.405 e. The third-order valence-electron chi connectivity index (χ3n) is 6.22. The van der Waals surface area contributed by atoms with Crippen molar-refractivity contribution < 1.29 is 28.5 Å². The SMILES string of the molecule is Cc1nc(NCC(F)(F)F)nc(N[C@@H]2C[C@H](C(O)C(C)C)[C@@H](O)[C@H]2O)c1-c1nc2ccccc2s1. The van der Waals surface area contributed by atoms with E-state index < -0.39 is 43.0 Å². The summed E-state index contributed by atoms with van der Waals surface area (Å²) in [6.07, 6.45) is -7.41. The molecule has 0 spiro atoms. The molecule has 1 aliphatic rings. The van der Waals surface area contributed by atoms with Crippen molar-refractivity contribution in [2.75, 3.05) is 17.2 Å². The summed E-state index contributed by atoms with van der Waals surface area (Å²) in [4.78, 5) is 13.1. The van der Waals surface area contributed by atoms with Gasteiger partial charge in [0.1, 0.15) is 23.5 Å². The predicted octanol–water partition coefficient (Wildman–Crippen LogP) is 3.58. The quantitative estimate of drug-likeness (QED) is 0.326. The molecule has 5 N–H and O–H groups in total. The monoisotopic (exact) mass is 511 g/mol. The maximum Gasteiger partial charge on any atom is 0.405 e. The van der Waals surface area contributed by atoms with E-state index in [0.29, 0.717) is 16.3 Å². The third kappa shape index (κ3) is 5.50. The summed E-state index contributed by atoms with van der Waals surface area (Å²) in [6, 6.07) is 6.81. The molecule has 0 aliphatic heterocycles. The van der Waals surface area contributed by atoms with E-state index in [1.807, 2.05) is 38.1 Å². The van der Waals surface area contributed by atoms with Crippen LogP contribution in [-0.4, -0.2) is 67.3 Å². The Labute approximate surface area is 204 Å². The van der Waals surface area contributed by atoms with Gasteiger partial charge in [-0.25, -0.2) is 9.97 Å². The van der Waals surface area contributed by atoms with Crippen LogP contribution in [0.2, 0.25) is 0 Å². The molecule has 3 aromatic rings. The van der Waals surface area contributed by atoms with Crippen molar-refractivity contribution in [3.63, 3.8) is 0 Å². The number of rotatable bonds is 7. The van der Waals surface area contributed by atoms with Crippen molar-refractivity contribution in [2.45, 2.75) is 57.7 Å². The molecular weight excluding hydrogens is 483 g/mol. The fourth-order valence-corrected chi connectivity index (χ4v) is 5.45. The number of nitrogens with one attached hydrogen (secondary N) is 2. The molecule has 190 valence electrons. The molecule has 0 radical (unpaired) electrons. The molecule has 2 heterocycles. The first-order valence-electron chi connectivity index (χ1n) is 11.3. The molecule has 1 aromatic carbocycles. The molecule has 35 heavy (non-hydrogen) atoms. The number of fused-ring (bicyclic) bond motifs is 1. The van der Waals surface area contributed by atoms with Gasteiger partial charge in [-0.05, 0) is 31.4 Å². The Morgan fingerprint density at radius 3 is 2.49 bits per heavy atom. The highest BCUT2D eigenvalue weighted by atomic mass is 32.1. The number of aryl methyl sites for hydroxylation is 1. The second-order valence-electron chi connectivity index (χ2n) is 9.18. The average Bonchev–Trinajstić information content (AvgIpc) is 3.32. The van der Waals surface area contributed by atoms with Gasteiger partial charge in [0.05, 0.1) is 39.7 Å². The Bertz CT molecular complexity index is 1160. The standard InChI is InChI=1S/C23H28F3N5O3S/c1-10(2)17(32)12-8-14(19(34)18(12)33)29-20-16(21-30-13-6-4-5-7-15(13)35-21)11(3)28-22(31-20)27-9-23(24,25)26/h4-7,10,12,14,17-19,32-34H,8-9H2,1-3H3,(H2,27,28,29,31)/t12-,14-,17?,18-,19+/m1/s1. The zero-order valence-corrected chi connectivity index (χ0v) is 20.2. The van der Waals surface area contributed by atoms with Crippen LogP contribution in [0.15, 0.2) is 24.3 Å². The summed E-state index contributed by atoms with van der Waals surface area (Å²) in [5.74, 6) is -0.728. The number of para-hydroxylation sites is 1. The van der Waals surface area contributed by atoms with Gasteiger partial charge in [0.15, 0.2) is 0 Å². The first kappa shape index (κ1) is 25.5. The number of nitrogens with zero attached hydrogens (tertiary/aromatic N) is 3. The zero-order valence-electron chi connectivity index (χ0n) is 19.4. The smallest absolute Gasteiger partial charge is 0.392 e. The van der Waals surface area contributed by atoms with Crippen molar-refractivity contribution in [1.82, 2.24) is 15.0 Å². The van der Waals surface area contributed by atoms with E-state index in [4.69, 9.17) is 0 Å². The summed E-state index contributed by atoms with van der Waals surface area (Å²) in [5.41, 5.74) is 1.66. The van der Waals surface area contributed by atoms with E-state index in [1.54, 1.807) is 6.92 Å². The van der Waals surface area contributed by atoms with Gasteiger partial charge in [0.2, 0.25) is 5.95 Å². The van der Waals surface area contributed by atoms with Gasteiger partial charge < -0.3 is 26.0 Å². The van der Waals surface area contributed by atoms with E-state index in [0.717, 1.165) is 10.2 Å². The van der Waals surface area contributed by atoms with Gasteiger partial charge in [-0.15, -0.1) is 11.3 Å². The first-order valence-corrected chi connectivity index (χ1v) is 12.1. The summed E-state index contributed by atoms with van der Waals surface area (Å²) in [6.45, 7) is 3.99. The molecule has 1 aliphatic carbocycles. The number of aliphatic hydroxyl groups is 3. The van der Waals surface area contributed by atoms with Crippen LogP contribution >= 0.6 is 11.3 Å². The van der Waals surface area contributed by atoms with Crippen LogP contribution in [0.3, 0.4) is 0 Å². The Kier molecular flexibility index (Phi) is 7.18. The van der Waals surface area contributed by atoms with Crippen LogP contribution in [0.4, 0.5) is 24.9 Å². The number of aliphatic hydroxyl groups excluding tert-OH is 3. The molecule has 1 saturated carbocycles. The Morgan fingerprint density at radius 1 is 1.11 bits per heavy atom. The van der Waals surface area contributed by atoms with E-state index >= 15 is 0 Å². The van der Waals surface area contributed by atoms with Crippen LogP contribution in [0.25, 0.3) is 20.8 Å². The van der Waals surface area contributed by atoms with Crippen LogP contribution in [0.1, 0.15) is 26.0 Å². The third-order valence-corrected chi connectivity index (χ3v) is 7.27. The summed E-state index contributed by atoms with van der Waals surface area (Å²) < 4.78 is 39.3. The molecular formula is C23H28F3N5O3S. The highest BCUT2D eigenvalue weighted by Crippen LogP contribution is 2.39. The Morgan fingerprint density at radius 2 is 1.83 bits per heavy atom. The van der Waals surface area contributed by atoms with Gasteiger partial charge in [-0.1, -0.05) is 26.0 Å². The number of anilines is 2. The average molecular weight is 512 g/mol. The van der Waals surface area contributed by atoms with Crippen molar-refractivity contribution in [2.24, 2.45) is 11.8 Å². The summed E-state index contributed by atoms with van der Waals surface area (Å²) >= 11 is 1.39. The zero-order chi connectivity index (χ0) is 25.5. The summed E-state index contributed by atoms with van der Waals surface area (Å²) in [7, 11) is 0. The van der Waals surface area contributed by atoms with Crippen molar-refractivity contribution >= 4 is 33.3 Å². The maximum absolute atomic E-state index is 12.8. The number of hydrogen-bond donors (Lipinski definition) is 5. The molecule has 5 atom stereocenters. The highest BCUT2D eigenvalue weighted by molar-refractivity contribution is 7.21. The van der Waals surface area contributed by atoms with Gasteiger partial charge in [0.25, 0.3) is 0 Å². The van der Waals surface area contributed by atoms with Gasteiger partial charge >= 0.3 is 6.18 Å². The molecule has 12 heteroatoms. The van der Waals surface area contributed by atoms with Crippen LogP contribution in [-0.2, 0) is 0 Å². The number of benzene rings is 1. The molecule has 8 nitrogen and oxygen atoms in total. The lowest BCUT2D eigenvalue weighted by atomic mass is 9.90. The van der Waals surface area contributed by atoms with Crippen molar-refractivity contribution in [3.8, 4) is 10.6 Å². The topological polar surface area (TPSA) is 123 Å². The fourth-order valence-electron chi connectivity index (χ4n) is 4.39. The van der Waals surface area contributed by atoms with E-state index in [1.165, 1.54) is 11.3 Å². The maximum atomic E-state index is 12.8. The molecule has 1 unspecified atom stereocenters. The van der Waals surface area contributed by atoms with E-state index in [9.17, 15) is 28.5 Å². The first-order chi connectivity index (χ1) is 16.4. The number of aromatic nitrogens is 3. The Balaban J connectivity index is 1.72. The number of hydrogen-bond acceptors (Lipinski definition) is 9. The van der Waals surface area contributed by atoms with Gasteiger partial charge in [-0.2, -0.15) is 18.2 Å². The number of halogens is 3. The molecule has 2 aromatic heterocycles. The minimum atomic E-state index is -4.46. The molecule has 4 rings (SSSR count). The minimum Gasteiger partial charge on any atom is -0.392 e. The van der Waals surface area contributed by atoms with E-state index in [-0.39, 0.29) is 24.1 Å². The van der Waals surface area contributed by atoms with Gasteiger partial charge in [0, 0.05) is 5.92 Å². The van der Waals surface area contributed by atoms with Crippen LogP contribution in [0.5, 0.6) is 0 Å². The molecule has 0 bridgehead atoms. The van der Waals surface area contributed by atoms with Crippen LogP contribution < -0.4 is 10.6 Å². The second-order valence-corrected chi connectivity index (χ2v) is 10.2. The lowest BCUT2D eigenvalue weighted by Crippen LogP contribution is -2.38. The second kappa shape index (κ2) is 9.84.